The van der Waals surface area contributed by atoms with E-state index in [2.05, 4.69) is 48.7 Å². The number of aromatic nitrogens is 4. The van der Waals surface area contributed by atoms with Crippen LogP contribution >= 0.6 is 0 Å². The molecule has 37 heavy (non-hydrogen) atoms. The van der Waals surface area contributed by atoms with Crippen LogP contribution in [0.3, 0.4) is 0 Å². The van der Waals surface area contributed by atoms with Crippen LogP contribution in [0.25, 0.3) is 16.9 Å². The second-order valence-corrected chi connectivity index (χ2v) is 12.9. The molecule has 1 atom stereocenters. The van der Waals surface area contributed by atoms with E-state index < -0.39 is 15.5 Å². The van der Waals surface area contributed by atoms with Crippen molar-refractivity contribution in [3.8, 4) is 5.82 Å². The molecule has 0 saturated heterocycles. The summed E-state index contributed by atoms with van der Waals surface area (Å²) in [6, 6.07) is 9.61. The summed E-state index contributed by atoms with van der Waals surface area (Å²) in [6.45, 7) is 2.04. The van der Waals surface area contributed by atoms with E-state index in [9.17, 15) is 8.60 Å². The van der Waals surface area contributed by atoms with Crippen LogP contribution in [0.4, 0.5) is 21.8 Å². The normalized spacial score (nSPS) is 17.9. The van der Waals surface area contributed by atoms with Gasteiger partial charge in [0.1, 0.15) is 5.82 Å². The van der Waals surface area contributed by atoms with Gasteiger partial charge in [0.15, 0.2) is 17.3 Å². The van der Waals surface area contributed by atoms with Gasteiger partial charge >= 0.3 is 0 Å². The number of fused-ring (bicyclic) bond motifs is 1. The third-order valence-electron chi connectivity index (χ3n) is 7.01. The first-order valence-electron chi connectivity index (χ1n) is 12.5. The second kappa shape index (κ2) is 9.18. The maximum absolute atomic E-state index is 14.8. The molecule has 1 aliphatic heterocycles. The van der Waals surface area contributed by atoms with Gasteiger partial charge in [-0.1, -0.05) is 12.5 Å². The molecule has 0 saturated carbocycles. The zero-order valence-corrected chi connectivity index (χ0v) is 22.1. The standard InChI is InChI=1S/C27H30FN7OS/c1-34-14-18-8-5-4-7-17-11-20(12-19(15-34)25(17)18)30-27-29-13-21-22(28)16-35(26(21)32-27)24-10-6-9-23(31-24)33-37(2,3)36/h6,9-13,16,18H,4-5,7-8,14-15H2,1-3H3,(H,29,30,32). The first-order chi connectivity index (χ1) is 17.7. The molecule has 1 aliphatic carbocycles. The molecule has 1 N–H and O–H groups in total. The van der Waals surface area contributed by atoms with Gasteiger partial charge in [-0.05, 0) is 73.2 Å². The fourth-order valence-electron chi connectivity index (χ4n) is 5.63. The van der Waals surface area contributed by atoms with Gasteiger partial charge < -0.3 is 10.2 Å². The number of hydrogen-bond acceptors (Lipinski definition) is 7. The Morgan fingerprint density at radius 2 is 2.00 bits per heavy atom. The average Bonchev–Trinajstić information content (AvgIpc) is 3.01. The molecule has 0 amide bonds. The van der Waals surface area contributed by atoms with E-state index in [1.807, 2.05) is 0 Å². The molecule has 3 aromatic heterocycles. The molecule has 0 bridgehead atoms. The lowest BCUT2D eigenvalue weighted by molar-refractivity contribution is 0.274. The zero-order valence-electron chi connectivity index (χ0n) is 21.2. The molecule has 6 rings (SSSR count). The number of aryl methyl sites for hydroxylation is 1. The summed E-state index contributed by atoms with van der Waals surface area (Å²) in [5, 5.41) is 3.67. The number of pyridine rings is 1. The Morgan fingerprint density at radius 1 is 1.16 bits per heavy atom. The van der Waals surface area contributed by atoms with Gasteiger partial charge in [0.25, 0.3) is 0 Å². The Bertz CT molecular complexity index is 1630. The lowest BCUT2D eigenvalue weighted by Crippen LogP contribution is -2.30. The summed E-state index contributed by atoms with van der Waals surface area (Å²) in [5.74, 6) is 1.31. The molecular formula is C27H30FN7OS. The summed E-state index contributed by atoms with van der Waals surface area (Å²) in [5.41, 5.74) is 5.66. The molecule has 8 nitrogen and oxygen atoms in total. The fourth-order valence-corrected chi connectivity index (χ4v) is 6.19. The molecule has 0 fully saturated rings. The van der Waals surface area contributed by atoms with Crippen LogP contribution < -0.4 is 5.32 Å². The predicted molar refractivity (Wildman–Crippen MR) is 145 cm³/mol. The van der Waals surface area contributed by atoms with E-state index in [1.54, 1.807) is 35.3 Å². The highest BCUT2D eigenvalue weighted by Gasteiger charge is 2.28. The van der Waals surface area contributed by atoms with Crippen LogP contribution in [0.15, 0.2) is 47.1 Å². The van der Waals surface area contributed by atoms with Gasteiger partial charge in [0, 0.05) is 53.4 Å². The van der Waals surface area contributed by atoms with Crippen molar-refractivity contribution in [2.24, 2.45) is 4.36 Å². The van der Waals surface area contributed by atoms with Crippen molar-refractivity contribution in [1.82, 2.24) is 24.4 Å². The molecule has 4 heterocycles. The fraction of sp³-hybridized carbons (Fsp3) is 0.370. The maximum atomic E-state index is 14.8. The molecular weight excluding hydrogens is 489 g/mol. The molecule has 10 heteroatoms. The predicted octanol–water partition coefficient (Wildman–Crippen LogP) is 5.31. The van der Waals surface area contributed by atoms with Gasteiger partial charge in [-0.15, -0.1) is 0 Å². The number of nitrogens with one attached hydrogen (secondary N) is 1. The summed E-state index contributed by atoms with van der Waals surface area (Å²) >= 11 is 0. The highest BCUT2D eigenvalue weighted by Crippen LogP contribution is 2.39. The van der Waals surface area contributed by atoms with Gasteiger partial charge in [-0.3, -0.25) is 4.57 Å². The number of benzene rings is 1. The van der Waals surface area contributed by atoms with Crippen LogP contribution in [0.1, 0.15) is 41.9 Å². The van der Waals surface area contributed by atoms with Crippen LogP contribution in [0, 0.1) is 5.82 Å². The monoisotopic (exact) mass is 519 g/mol. The number of hydrogen-bond donors (Lipinski definition) is 1. The quantitative estimate of drug-likeness (QED) is 0.393. The van der Waals surface area contributed by atoms with Crippen molar-refractivity contribution in [2.75, 3.05) is 31.4 Å². The van der Waals surface area contributed by atoms with Crippen LogP contribution in [0.2, 0.25) is 0 Å². The third kappa shape index (κ3) is 4.83. The number of halogens is 1. The Labute approximate surface area is 216 Å². The van der Waals surface area contributed by atoms with Gasteiger partial charge in [0.05, 0.1) is 5.39 Å². The third-order valence-corrected chi connectivity index (χ3v) is 7.64. The lowest BCUT2D eigenvalue weighted by Gasteiger charge is -2.33. The number of nitrogens with zero attached hydrogens (tertiary/aromatic N) is 6. The van der Waals surface area contributed by atoms with Crippen molar-refractivity contribution >= 4 is 38.2 Å². The van der Waals surface area contributed by atoms with E-state index in [0.29, 0.717) is 34.5 Å². The molecule has 4 aromatic rings. The van der Waals surface area contributed by atoms with Crippen molar-refractivity contribution in [3.05, 3.63) is 65.2 Å². The minimum Gasteiger partial charge on any atom is -0.324 e. The van der Waals surface area contributed by atoms with Gasteiger partial charge in [-0.2, -0.15) is 9.35 Å². The largest absolute Gasteiger partial charge is 0.324 e. The van der Waals surface area contributed by atoms with E-state index in [4.69, 9.17) is 0 Å². The van der Waals surface area contributed by atoms with Gasteiger partial charge in [-0.25, -0.2) is 18.6 Å². The Hall–Kier alpha value is -3.37. The van der Waals surface area contributed by atoms with Crippen molar-refractivity contribution in [3.63, 3.8) is 0 Å². The molecule has 2 aliphatic rings. The zero-order chi connectivity index (χ0) is 25.7. The average molecular weight is 520 g/mol. The van der Waals surface area contributed by atoms with E-state index in [-0.39, 0.29) is 0 Å². The SMILES string of the molecule is CN1Cc2cc(Nc3ncc4c(F)cn(-c5cccc(N=S(C)(C)=O)n5)c4n3)cc3c2C(CCCC3)C1. The molecule has 1 unspecified atom stereocenters. The minimum atomic E-state index is -2.38. The summed E-state index contributed by atoms with van der Waals surface area (Å²) < 4.78 is 32.7. The summed E-state index contributed by atoms with van der Waals surface area (Å²) in [7, 11) is -0.198. The molecule has 0 radical (unpaired) electrons. The topological polar surface area (TPSA) is 88.3 Å². The smallest absolute Gasteiger partial charge is 0.229 e. The number of anilines is 2. The Balaban J connectivity index is 1.39. The van der Waals surface area contributed by atoms with Gasteiger partial charge in [0.2, 0.25) is 5.95 Å². The number of likely N-dealkylation sites (N-methyl/N-ethyl adjacent to an activating group) is 1. The first-order valence-corrected chi connectivity index (χ1v) is 14.9. The molecule has 0 spiro atoms. The van der Waals surface area contributed by atoms with E-state index >= 15 is 0 Å². The van der Waals surface area contributed by atoms with Crippen LogP contribution in [-0.2, 0) is 22.7 Å². The van der Waals surface area contributed by atoms with E-state index in [1.165, 1.54) is 48.3 Å². The number of rotatable bonds is 4. The molecule has 192 valence electrons. The van der Waals surface area contributed by atoms with Crippen LogP contribution in [-0.4, -0.2) is 54.7 Å². The second-order valence-electron chi connectivity index (χ2n) is 10.4. The van der Waals surface area contributed by atoms with E-state index in [0.717, 1.165) is 25.2 Å². The first kappa shape index (κ1) is 24.0. The van der Waals surface area contributed by atoms with Crippen molar-refractivity contribution in [2.45, 2.75) is 38.1 Å². The minimum absolute atomic E-state index is 0.297. The summed E-state index contributed by atoms with van der Waals surface area (Å²) in [4.78, 5) is 15.9. The highest BCUT2D eigenvalue weighted by molar-refractivity contribution is 7.92. The lowest BCUT2D eigenvalue weighted by atomic mass is 9.84. The Kier molecular flexibility index (Phi) is 5.95. The Morgan fingerprint density at radius 3 is 2.84 bits per heavy atom. The van der Waals surface area contributed by atoms with Crippen molar-refractivity contribution < 1.29 is 8.60 Å². The van der Waals surface area contributed by atoms with Crippen LogP contribution in [0.5, 0.6) is 0 Å². The maximum Gasteiger partial charge on any atom is 0.229 e. The van der Waals surface area contributed by atoms with Crippen molar-refractivity contribution in [1.29, 1.82) is 0 Å². The highest BCUT2D eigenvalue weighted by atomic mass is 32.2. The molecule has 1 aromatic carbocycles. The summed E-state index contributed by atoms with van der Waals surface area (Å²) in [6.07, 6.45) is 10.7.